The first-order chi connectivity index (χ1) is 5.00. The van der Waals surface area contributed by atoms with Gasteiger partial charge in [0.1, 0.15) is 0 Å². The smallest absolute Gasteiger partial charge is 0.0156 e. The molecule has 0 aromatic rings. The molecule has 0 rings (SSSR count). The third-order valence-corrected chi connectivity index (χ3v) is 1.85. The number of hydrogen-bond donors (Lipinski definition) is 0. The molecule has 0 aliphatic rings. The van der Waals surface area contributed by atoms with Gasteiger partial charge in [0.25, 0.3) is 0 Å². The van der Waals surface area contributed by atoms with Crippen LogP contribution in [0, 0.1) is 5.92 Å². The van der Waals surface area contributed by atoms with Crippen molar-refractivity contribution in [3.05, 3.63) is 24.0 Å². The highest BCUT2D eigenvalue weighted by Gasteiger charge is 2.07. The van der Waals surface area contributed by atoms with E-state index in [4.69, 9.17) is 0 Å². The monoisotopic (exact) mass is 153 g/mol. The molecule has 0 unspecified atom stereocenters. The molecule has 0 aliphatic heterocycles. The Kier molecular flexibility index (Phi) is 3.94. The topological polar surface area (TPSA) is 3.24 Å². The van der Waals surface area contributed by atoms with E-state index in [1.165, 1.54) is 5.70 Å². The lowest BCUT2D eigenvalue weighted by atomic mass is 10.1. The molecule has 0 amide bonds. The van der Waals surface area contributed by atoms with Gasteiger partial charge >= 0.3 is 0 Å². The Morgan fingerprint density at radius 3 is 2.00 bits per heavy atom. The zero-order valence-electron chi connectivity index (χ0n) is 8.31. The number of allylic oxidation sites excluding steroid dienone is 3. The van der Waals surface area contributed by atoms with Crippen molar-refractivity contribution >= 4 is 0 Å². The van der Waals surface area contributed by atoms with Crippen LogP contribution in [0.4, 0.5) is 0 Å². The Morgan fingerprint density at radius 1 is 1.45 bits per heavy atom. The Labute approximate surface area is 70.4 Å². The van der Waals surface area contributed by atoms with Crippen LogP contribution in [0.5, 0.6) is 0 Å². The van der Waals surface area contributed by atoms with Crippen LogP contribution in [0.2, 0.25) is 0 Å². The van der Waals surface area contributed by atoms with Crippen LogP contribution in [0.15, 0.2) is 24.0 Å². The van der Waals surface area contributed by atoms with Gasteiger partial charge in [0.15, 0.2) is 0 Å². The highest BCUT2D eigenvalue weighted by molar-refractivity contribution is 5.08. The lowest BCUT2D eigenvalue weighted by Crippen LogP contribution is -2.18. The molecule has 0 aromatic carbocycles. The molecule has 0 spiro atoms. The van der Waals surface area contributed by atoms with Crippen LogP contribution in [-0.2, 0) is 0 Å². The van der Waals surface area contributed by atoms with Crippen molar-refractivity contribution in [1.29, 1.82) is 0 Å². The van der Waals surface area contributed by atoms with Gasteiger partial charge in [-0.2, -0.15) is 0 Å². The predicted molar refractivity (Wildman–Crippen MR) is 51.2 cm³/mol. The van der Waals surface area contributed by atoms with Crippen molar-refractivity contribution < 1.29 is 0 Å². The van der Waals surface area contributed by atoms with Crippen molar-refractivity contribution in [2.24, 2.45) is 5.92 Å². The minimum atomic E-state index is 0.571. The van der Waals surface area contributed by atoms with E-state index in [1.54, 1.807) is 0 Å². The lowest BCUT2D eigenvalue weighted by molar-refractivity contribution is 0.455. The fourth-order valence-corrected chi connectivity index (χ4v) is 1.13. The molecule has 0 bridgehead atoms. The van der Waals surface area contributed by atoms with Crippen LogP contribution >= 0.6 is 0 Å². The molecular weight excluding hydrogens is 134 g/mol. The number of rotatable bonds is 3. The maximum atomic E-state index is 3.89. The molecule has 0 saturated carbocycles. The first-order valence-electron chi connectivity index (χ1n) is 4.06. The van der Waals surface area contributed by atoms with Crippen molar-refractivity contribution in [2.75, 3.05) is 7.05 Å². The second-order valence-electron chi connectivity index (χ2n) is 3.16. The van der Waals surface area contributed by atoms with Gasteiger partial charge in [0, 0.05) is 18.4 Å². The summed E-state index contributed by atoms with van der Waals surface area (Å²) in [5.41, 5.74) is 2.42. The average Bonchev–Trinajstić information content (AvgIpc) is 1.88. The van der Waals surface area contributed by atoms with Gasteiger partial charge in [0.2, 0.25) is 0 Å². The van der Waals surface area contributed by atoms with E-state index in [1.807, 2.05) is 6.92 Å². The van der Waals surface area contributed by atoms with E-state index >= 15 is 0 Å². The number of hydrogen-bond acceptors (Lipinski definition) is 1. The maximum Gasteiger partial charge on any atom is 0.0156 e. The van der Waals surface area contributed by atoms with Crippen LogP contribution in [0.1, 0.15) is 27.7 Å². The standard InChI is InChI=1S/C10H19N/c1-7-10(8(2)3)11(6)9(4)5/h7-8H,4H2,1-3,5-6H3/b10-7+. The van der Waals surface area contributed by atoms with E-state index in [9.17, 15) is 0 Å². The van der Waals surface area contributed by atoms with E-state index < -0.39 is 0 Å². The third-order valence-electron chi connectivity index (χ3n) is 1.85. The molecule has 11 heavy (non-hydrogen) atoms. The van der Waals surface area contributed by atoms with Crippen LogP contribution < -0.4 is 0 Å². The largest absolute Gasteiger partial charge is 0.353 e. The Bertz CT molecular complexity index is 166. The first kappa shape index (κ1) is 10.3. The average molecular weight is 153 g/mol. The van der Waals surface area contributed by atoms with E-state index in [-0.39, 0.29) is 0 Å². The molecule has 0 N–H and O–H groups in total. The van der Waals surface area contributed by atoms with Crippen molar-refractivity contribution in [2.45, 2.75) is 27.7 Å². The Balaban J connectivity index is 4.41. The molecule has 0 aliphatic carbocycles. The summed E-state index contributed by atoms with van der Waals surface area (Å²) in [6.07, 6.45) is 2.14. The molecule has 1 nitrogen and oxygen atoms in total. The number of nitrogens with zero attached hydrogens (tertiary/aromatic N) is 1. The van der Waals surface area contributed by atoms with Crippen LogP contribution in [0.25, 0.3) is 0 Å². The van der Waals surface area contributed by atoms with Crippen molar-refractivity contribution in [3.8, 4) is 0 Å². The predicted octanol–water partition coefficient (Wildman–Crippen LogP) is 3.01. The second kappa shape index (κ2) is 4.22. The van der Waals surface area contributed by atoms with Gasteiger partial charge in [0.05, 0.1) is 0 Å². The van der Waals surface area contributed by atoms with Crippen LogP contribution in [0.3, 0.4) is 0 Å². The van der Waals surface area contributed by atoms with Gasteiger partial charge in [-0.3, -0.25) is 0 Å². The van der Waals surface area contributed by atoms with Crippen LogP contribution in [-0.4, -0.2) is 11.9 Å². The lowest BCUT2D eigenvalue weighted by Gasteiger charge is -2.25. The summed E-state index contributed by atoms with van der Waals surface area (Å²) in [4.78, 5) is 2.13. The third kappa shape index (κ3) is 2.79. The molecule has 1 heteroatoms. The molecule has 0 heterocycles. The Morgan fingerprint density at radius 2 is 1.91 bits per heavy atom. The molecule has 0 fully saturated rings. The zero-order chi connectivity index (χ0) is 9.02. The van der Waals surface area contributed by atoms with E-state index in [0.29, 0.717) is 5.92 Å². The molecule has 64 valence electrons. The van der Waals surface area contributed by atoms with Gasteiger partial charge in [-0.15, -0.1) is 0 Å². The summed E-state index contributed by atoms with van der Waals surface area (Å²) >= 11 is 0. The van der Waals surface area contributed by atoms with E-state index in [0.717, 1.165) is 5.70 Å². The SMILES string of the molecule is C=C(C)N(C)/C(=C/C)C(C)C. The Hall–Kier alpha value is -0.720. The van der Waals surface area contributed by atoms with E-state index in [2.05, 4.69) is 45.4 Å². The summed E-state index contributed by atoms with van der Waals surface area (Å²) in [7, 11) is 2.05. The quantitative estimate of drug-likeness (QED) is 0.602. The minimum Gasteiger partial charge on any atom is -0.353 e. The van der Waals surface area contributed by atoms with Gasteiger partial charge in [-0.25, -0.2) is 0 Å². The molecule has 0 aromatic heterocycles. The molecule has 0 atom stereocenters. The normalized spacial score (nSPS) is 12.0. The fourth-order valence-electron chi connectivity index (χ4n) is 1.13. The first-order valence-corrected chi connectivity index (χ1v) is 4.06. The summed E-state index contributed by atoms with van der Waals surface area (Å²) in [5, 5.41) is 0. The summed E-state index contributed by atoms with van der Waals surface area (Å²) in [6.45, 7) is 12.4. The van der Waals surface area contributed by atoms with Gasteiger partial charge in [-0.05, 0) is 19.8 Å². The summed E-state index contributed by atoms with van der Waals surface area (Å²) in [6, 6.07) is 0. The minimum absolute atomic E-state index is 0.571. The zero-order valence-corrected chi connectivity index (χ0v) is 8.31. The second-order valence-corrected chi connectivity index (χ2v) is 3.16. The van der Waals surface area contributed by atoms with Crippen molar-refractivity contribution in [1.82, 2.24) is 4.90 Å². The van der Waals surface area contributed by atoms with Crippen molar-refractivity contribution in [3.63, 3.8) is 0 Å². The molecule has 0 saturated heterocycles. The fraction of sp³-hybridized carbons (Fsp3) is 0.600. The highest BCUT2D eigenvalue weighted by atomic mass is 15.1. The summed E-state index contributed by atoms with van der Waals surface area (Å²) < 4.78 is 0. The van der Waals surface area contributed by atoms with Gasteiger partial charge in [-0.1, -0.05) is 26.5 Å². The molecule has 0 radical (unpaired) electrons. The van der Waals surface area contributed by atoms with Gasteiger partial charge < -0.3 is 4.90 Å². The molecular formula is C10H19N. The highest BCUT2D eigenvalue weighted by Crippen LogP contribution is 2.16. The maximum absolute atomic E-state index is 3.89. The summed E-state index contributed by atoms with van der Waals surface area (Å²) in [5.74, 6) is 0.571.